The van der Waals surface area contributed by atoms with Gasteiger partial charge in [0.2, 0.25) is 5.91 Å². The maximum absolute atomic E-state index is 12.4. The topological polar surface area (TPSA) is 75.9 Å². The first-order valence-electron chi connectivity index (χ1n) is 9.74. The number of carbonyl (C=O) groups excluding carboxylic acids is 1. The second kappa shape index (κ2) is 8.39. The second-order valence-electron chi connectivity index (χ2n) is 7.18. The van der Waals surface area contributed by atoms with E-state index in [-0.39, 0.29) is 5.91 Å². The van der Waals surface area contributed by atoms with Gasteiger partial charge >= 0.3 is 0 Å². The van der Waals surface area contributed by atoms with E-state index in [2.05, 4.69) is 32.3 Å². The van der Waals surface area contributed by atoms with Gasteiger partial charge in [-0.25, -0.2) is 0 Å². The molecule has 1 N–H and O–H groups in total. The lowest BCUT2D eigenvalue weighted by Crippen LogP contribution is -2.45. The third-order valence-electron chi connectivity index (χ3n) is 5.26. The highest BCUT2D eigenvalue weighted by Crippen LogP contribution is 2.29. The van der Waals surface area contributed by atoms with E-state index in [9.17, 15) is 4.79 Å². The highest BCUT2D eigenvalue weighted by molar-refractivity contribution is 7.99. The van der Waals surface area contributed by atoms with Crippen molar-refractivity contribution >= 4 is 17.7 Å². The number of piperidine rings is 1. The van der Waals surface area contributed by atoms with Crippen LogP contribution < -0.4 is 5.32 Å². The largest absolute Gasteiger partial charge is 0.353 e. The maximum Gasteiger partial charge on any atom is 0.230 e. The molecule has 4 rings (SSSR count). The number of hydrogen-bond donors (Lipinski definition) is 1. The molecule has 27 heavy (non-hydrogen) atoms. The predicted molar refractivity (Wildman–Crippen MR) is 105 cm³/mol. The van der Waals surface area contributed by atoms with Crippen LogP contribution >= 0.6 is 11.8 Å². The number of likely N-dealkylation sites (tertiary alicyclic amines) is 1. The van der Waals surface area contributed by atoms with Crippen molar-refractivity contribution in [2.45, 2.75) is 56.4 Å². The molecule has 0 atom stereocenters. The van der Waals surface area contributed by atoms with Crippen LogP contribution in [0.4, 0.5) is 0 Å². The summed E-state index contributed by atoms with van der Waals surface area (Å²) in [6.07, 6.45) is 8.33. The average molecular weight is 387 g/mol. The summed E-state index contributed by atoms with van der Waals surface area (Å²) in [5, 5.41) is 12.6. The Labute approximate surface area is 163 Å². The zero-order valence-electron chi connectivity index (χ0n) is 15.7. The van der Waals surface area contributed by atoms with Gasteiger partial charge in [-0.2, -0.15) is 0 Å². The highest BCUT2D eigenvalue weighted by Gasteiger charge is 2.32. The van der Waals surface area contributed by atoms with Crippen LogP contribution in [0.15, 0.2) is 29.7 Å². The molecule has 0 aromatic carbocycles. The van der Waals surface area contributed by atoms with Gasteiger partial charge < -0.3 is 14.8 Å². The molecule has 0 unspecified atom stereocenters. The molecule has 2 fully saturated rings. The Morgan fingerprint density at radius 1 is 1.19 bits per heavy atom. The number of pyridine rings is 1. The smallest absolute Gasteiger partial charge is 0.230 e. The van der Waals surface area contributed by atoms with Crippen LogP contribution in [-0.2, 0) is 11.3 Å². The van der Waals surface area contributed by atoms with Crippen LogP contribution in [0.3, 0.4) is 0 Å². The Balaban J connectivity index is 1.29. The Bertz CT molecular complexity index is 768. The normalized spacial score (nSPS) is 18.6. The van der Waals surface area contributed by atoms with E-state index in [1.807, 2.05) is 16.7 Å². The molecule has 0 radical (unpaired) electrons. The first-order chi connectivity index (χ1) is 13.2. The van der Waals surface area contributed by atoms with Crippen LogP contribution in [0, 0.1) is 0 Å². The monoisotopic (exact) mass is 386 g/mol. The van der Waals surface area contributed by atoms with Crippen LogP contribution in [0.25, 0.3) is 11.4 Å². The molecule has 1 aliphatic heterocycles. The van der Waals surface area contributed by atoms with E-state index in [0.717, 1.165) is 55.1 Å². The number of nitrogens with zero attached hydrogens (tertiary/aromatic N) is 5. The minimum atomic E-state index is 0.0842. The third-order valence-corrected chi connectivity index (χ3v) is 6.23. The van der Waals surface area contributed by atoms with Crippen molar-refractivity contribution in [2.24, 2.45) is 0 Å². The van der Waals surface area contributed by atoms with Gasteiger partial charge in [-0.1, -0.05) is 11.8 Å². The number of carbonyl (C=O) groups is 1. The maximum atomic E-state index is 12.4. The molecule has 2 aromatic heterocycles. The van der Waals surface area contributed by atoms with E-state index in [4.69, 9.17) is 0 Å². The molecule has 8 heteroatoms. The van der Waals surface area contributed by atoms with E-state index >= 15 is 0 Å². The van der Waals surface area contributed by atoms with E-state index < -0.39 is 0 Å². The fraction of sp³-hybridized carbons (Fsp3) is 0.579. The van der Waals surface area contributed by atoms with Gasteiger partial charge in [-0.15, -0.1) is 10.2 Å². The molecule has 0 bridgehead atoms. The van der Waals surface area contributed by atoms with E-state index in [0.29, 0.717) is 11.8 Å². The van der Waals surface area contributed by atoms with Gasteiger partial charge in [0, 0.05) is 49.7 Å². The Morgan fingerprint density at radius 2 is 1.93 bits per heavy atom. The lowest BCUT2D eigenvalue weighted by atomic mass is 10.1. The fourth-order valence-electron chi connectivity index (χ4n) is 3.64. The minimum Gasteiger partial charge on any atom is -0.353 e. The number of rotatable bonds is 7. The molecule has 7 nitrogen and oxygen atoms in total. The van der Waals surface area contributed by atoms with Gasteiger partial charge in [-0.05, 0) is 44.7 Å². The molecule has 1 saturated carbocycles. The number of amides is 1. The second-order valence-corrected chi connectivity index (χ2v) is 8.13. The van der Waals surface area contributed by atoms with Gasteiger partial charge in [0.05, 0.1) is 5.75 Å². The third kappa shape index (κ3) is 4.50. The summed E-state index contributed by atoms with van der Waals surface area (Å²) in [5.41, 5.74) is 0.984. The predicted octanol–water partition coefficient (Wildman–Crippen LogP) is 2.20. The summed E-state index contributed by atoms with van der Waals surface area (Å²) < 4.78 is 2.04. The highest BCUT2D eigenvalue weighted by atomic mass is 32.2. The number of thioether (sulfide) groups is 1. The average Bonchev–Trinajstić information content (AvgIpc) is 3.47. The summed E-state index contributed by atoms with van der Waals surface area (Å²) in [6.45, 7) is 5.05. The Morgan fingerprint density at radius 3 is 2.59 bits per heavy atom. The summed E-state index contributed by atoms with van der Waals surface area (Å²) in [4.78, 5) is 19.0. The molecular weight excluding hydrogens is 360 g/mol. The first kappa shape index (κ1) is 18.4. The number of hydrogen-bond acceptors (Lipinski definition) is 6. The molecule has 3 heterocycles. The van der Waals surface area contributed by atoms with Crippen molar-refractivity contribution in [3.63, 3.8) is 0 Å². The molecule has 0 spiro atoms. The summed E-state index contributed by atoms with van der Waals surface area (Å²) >= 11 is 1.45. The minimum absolute atomic E-state index is 0.0842. The molecule has 1 aliphatic carbocycles. The zero-order valence-corrected chi connectivity index (χ0v) is 16.5. The molecule has 2 aromatic rings. The van der Waals surface area contributed by atoms with Crippen LogP contribution in [0.5, 0.6) is 0 Å². The van der Waals surface area contributed by atoms with E-state index in [1.54, 1.807) is 12.4 Å². The lowest BCUT2D eigenvalue weighted by molar-refractivity contribution is -0.119. The quantitative estimate of drug-likeness (QED) is 0.735. The van der Waals surface area contributed by atoms with Crippen molar-refractivity contribution in [2.75, 3.05) is 18.8 Å². The van der Waals surface area contributed by atoms with Crippen LogP contribution in [0.2, 0.25) is 0 Å². The van der Waals surface area contributed by atoms with Crippen LogP contribution in [-0.4, -0.2) is 61.5 Å². The number of nitrogens with one attached hydrogen (secondary N) is 1. The molecular formula is C19H26N6OS. The first-order valence-corrected chi connectivity index (χ1v) is 10.7. The fourth-order valence-corrected chi connectivity index (χ4v) is 4.46. The van der Waals surface area contributed by atoms with Gasteiger partial charge in [0.15, 0.2) is 11.0 Å². The standard InChI is InChI=1S/C19H26N6OS/c1-2-25-18(14-5-9-20-10-6-14)22-23-19(25)27-13-17(26)21-15-7-11-24(12-8-15)16-3-4-16/h5-6,9-10,15-16H,2-4,7-8,11-13H2,1H3,(H,21,26). The Hall–Kier alpha value is -1.93. The lowest BCUT2D eigenvalue weighted by Gasteiger charge is -2.32. The summed E-state index contributed by atoms with van der Waals surface area (Å²) in [5.74, 6) is 1.27. The molecule has 144 valence electrons. The van der Waals surface area contributed by atoms with Crippen molar-refractivity contribution in [1.82, 2.24) is 30.0 Å². The van der Waals surface area contributed by atoms with E-state index in [1.165, 1.54) is 24.6 Å². The van der Waals surface area contributed by atoms with Crippen LogP contribution in [0.1, 0.15) is 32.6 Å². The molecule has 2 aliphatic rings. The van der Waals surface area contributed by atoms with Gasteiger partial charge in [0.25, 0.3) is 0 Å². The van der Waals surface area contributed by atoms with Gasteiger partial charge in [0.1, 0.15) is 0 Å². The molecule has 1 saturated heterocycles. The van der Waals surface area contributed by atoms with Crippen molar-refractivity contribution in [3.8, 4) is 11.4 Å². The van der Waals surface area contributed by atoms with Crippen molar-refractivity contribution in [3.05, 3.63) is 24.5 Å². The number of aromatic nitrogens is 4. The SMILES string of the molecule is CCn1c(SCC(=O)NC2CCN(C3CC3)CC2)nnc1-c1ccncc1. The molecule has 1 amide bonds. The summed E-state index contributed by atoms with van der Waals surface area (Å²) in [7, 11) is 0. The zero-order chi connectivity index (χ0) is 18.6. The van der Waals surface area contributed by atoms with Gasteiger partial charge in [-0.3, -0.25) is 9.78 Å². The van der Waals surface area contributed by atoms with Crippen molar-refractivity contribution in [1.29, 1.82) is 0 Å². The summed E-state index contributed by atoms with van der Waals surface area (Å²) in [6, 6.07) is 4.98. The van der Waals surface area contributed by atoms with Crippen molar-refractivity contribution < 1.29 is 4.79 Å². The Kier molecular flexibility index (Phi) is 5.73.